The molecule has 0 unspecified atom stereocenters. The first-order valence-electron chi connectivity index (χ1n) is 23.6. The van der Waals surface area contributed by atoms with Crippen LogP contribution < -0.4 is 0 Å². The Morgan fingerprint density at radius 1 is 0.456 bits per heavy atom. The Labute approximate surface area is 348 Å². The Bertz CT molecular complexity index is 1880. The number of allylic oxidation sites excluding steroid dienone is 2. The third kappa shape index (κ3) is 8.67. The monoisotopic (exact) mass is 771 g/mol. The zero-order valence-electron chi connectivity index (χ0n) is 36.0. The Morgan fingerprint density at radius 2 is 0.860 bits per heavy atom. The Morgan fingerprint density at radius 3 is 1.25 bits per heavy atom. The van der Waals surface area contributed by atoms with Crippen LogP contribution in [0.4, 0.5) is 0 Å². The number of hydrogen-bond donors (Lipinski definition) is 0. The van der Waals surface area contributed by atoms with Gasteiger partial charge in [0, 0.05) is 12.8 Å². The fourth-order valence-electron chi connectivity index (χ4n) is 11.4. The predicted octanol–water partition coefficient (Wildman–Crippen LogP) is 17.2. The van der Waals surface area contributed by atoms with Gasteiger partial charge in [0.15, 0.2) is 0 Å². The molecule has 4 aromatic carbocycles. The van der Waals surface area contributed by atoms with Crippen LogP contribution >= 0.6 is 0 Å². The second kappa shape index (κ2) is 18.7. The van der Waals surface area contributed by atoms with Gasteiger partial charge in [0.25, 0.3) is 0 Å². The molecule has 0 saturated heterocycles. The van der Waals surface area contributed by atoms with Crippen LogP contribution in [0, 0.1) is 12.8 Å². The summed E-state index contributed by atoms with van der Waals surface area (Å²) in [6, 6.07) is 34.2. The zero-order chi connectivity index (χ0) is 39.2. The number of hydrogen-bond acceptors (Lipinski definition) is 0. The maximum atomic E-state index is 2.73. The molecule has 2 saturated carbocycles. The average Bonchev–Trinajstić information content (AvgIpc) is 3.84. The summed E-state index contributed by atoms with van der Waals surface area (Å²) >= 11 is 0. The quantitative estimate of drug-likeness (QED) is 0.0786. The van der Waals surface area contributed by atoms with E-state index in [9.17, 15) is 0 Å². The summed E-state index contributed by atoms with van der Waals surface area (Å²) in [4.78, 5) is 0. The first-order valence-corrected chi connectivity index (χ1v) is 26.6. The highest BCUT2D eigenvalue weighted by Crippen LogP contribution is 2.55. The van der Waals surface area contributed by atoms with E-state index in [0.29, 0.717) is 0 Å². The van der Waals surface area contributed by atoms with Crippen molar-refractivity contribution in [3.63, 3.8) is 0 Å². The van der Waals surface area contributed by atoms with E-state index >= 15 is 0 Å². The summed E-state index contributed by atoms with van der Waals surface area (Å²) in [6.45, 7) is 10.1. The molecule has 0 spiro atoms. The van der Waals surface area contributed by atoms with Crippen LogP contribution in [0.3, 0.4) is 0 Å². The van der Waals surface area contributed by atoms with Crippen molar-refractivity contribution in [3.8, 4) is 22.3 Å². The largest absolute Gasteiger partial charge is 0.113 e. The fraction of sp³-hybridized carbons (Fsp3) is 0.464. The lowest BCUT2D eigenvalue weighted by Crippen LogP contribution is -2.32. The zero-order valence-corrected chi connectivity index (χ0v) is 37.0. The molecule has 4 aliphatic rings. The highest BCUT2D eigenvalue weighted by molar-refractivity contribution is 7.09. The van der Waals surface area contributed by atoms with Crippen LogP contribution in [-0.2, 0) is 0 Å². The minimum absolute atomic E-state index is 0.734. The van der Waals surface area contributed by atoms with Crippen LogP contribution in [0.5, 0.6) is 0 Å². The van der Waals surface area contributed by atoms with Crippen LogP contribution in [0.1, 0.15) is 187 Å². The average molecular weight is 771 g/mol. The number of rotatable bonds is 16. The molecule has 298 valence electrons. The molecular formula is C56H70Si. The molecule has 57 heavy (non-hydrogen) atoms. The molecule has 0 amide bonds. The van der Waals surface area contributed by atoms with Gasteiger partial charge in [-0.15, -0.1) is 0 Å². The van der Waals surface area contributed by atoms with Gasteiger partial charge in [-0.3, -0.25) is 0 Å². The van der Waals surface area contributed by atoms with Crippen molar-refractivity contribution in [3.05, 3.63) is 142 Å². The SMILES string of the molecule is CCCCCCC1=C([Si](C)(C)C2=C(CCCCCC)[CH]c3cccc(-c4ccc(C5CCCCC5)cc4)c32)c2c(cccc2-c2ccc(C3CCCCC3)cc2)[CH]1. The molecule has 0 bridgehead atoms. The predicted molar refractivity (Wildman–Crippen MR) is 251 cm³/mol. The summed E-state index contributed by atoms with van der Waals surface area (Å²) in [5.74, 6) is 1.47. The summed E-state index contributed by atoms with van der Waals surface area (Å²) in [6.07, 6.45) is 31.8. The van der Waals surface area contributed by atoms with Crippen molar-refractivity contribution < 1.29 is 0 Å². The molecule has 0 aromatic heterocycles. The first-order chi connectivity index (χ1) is 28.0. The molecular weight excluding hydrogens is 701 g/mol. The molecule has 0 nitrogen and oxygen atoms in total. The van der Waals surface area contributed by atoms with E-state index in [1.165, 1.54) is 162 Å². The van der Waals surface area contributed by atoms with Crippen molar-refractivity contribution in [2.45, 2.75) is 167 Å². The van der Waals surface area contributed by atoms with E-state index in [1.807, 2.05) is 0 Å². The molecule has 0 heterocycles. The molecule has 0 atom stereocenters. The lowest BCUT2D eigenvalue weighted by atomic mass is 9.83. The maximum Gasteiger partial charge on any atom is 0.113 e. The minimum Gasteiger partial charge on any atom is -0.0654 e. The van der Waals surface area contributed by atoms with Gasteiger partial charge < -0.3 is 0 Å². The Kier molecular flexibility index (Phi) is 13.2. The second-order valence-corrected chi connectivity index (χ2v) is 23.0. The molecule has 2 fully saturated rings. The van der Waals surface area contributed by atoms with E-state index < -0.39 is 8.07 Å². The van der Waals surface area contributed by atoms with Crippen LogP contribution in [0.25, 0.3) is 32.6 Å². The van der Waals surface area contributed by atoms with E-state index in [0.717, 1.165) is 11.8 Å². The van der Waals surface area contributed by atoms with Gasteiger partial charge in [0.2, 0.25) is 0 Å². The molecule has 4 aromatic rings. The van der Waals surface area contributed by atoms with Gasteiger partial charge in [0.05, 0.1) is 0 Å². The van der Waals surface area contributed by atoms with Gasteiger partial charge in [-0.2, -0.15) is 0 Å². The van der Waals surface area contributed by atoms with E-state index in [4.69, 9.17) is 0 Å². The normalized spacial score (nSPS) is 17.8. The van der Waals surface area contributed by atoms with Gasteiger partial charge in [0.1, 0.15) is 8.07 Å². The summed E-state index contributed by atoms with van der Waals surface area (Å²) in [5.41, 5.74) is 18.0. The van der Waals surface area contributed by atoms with Gasteiger partial charge in [-0.05, 0) is 129 Å². The van der Waals surface area contributed by atoms with E-state index in [2.05, 4.69) is 125 Å². The van der Waals surface area contributed by atoms with Crippen molar-refractivity contribution in [1.29, 1.82) is 0 Å². The molecule has 2 radical (unpaired) electrons. The van der Waals surface area contributed by atoms with Crippen LogP contribution in [-0.4, -0.2) is 8.07 Å². The lowest BCUT2D eigenvalue weighted by Gasteiger charge is -2.33. The lowest BCUT2D eigenvalue weighted by molar-refractivity contribution is 0.443. The van der Waals surface area contributed by atoms with E-state index in [-0.39, 0.29) is 0 Å². The molecule has 0 aliphatic heterocycles. The molecule has 0 N–H and O–H groups in total. The number of unbranched alkanes of at least 4 members (excludes halogenated alkanes) is 6. The smallest absolute Gasteiger partial charge is 0.0654 e. The van der Waals surface area contributed by atoms with E-state index in [1.54, 1.807) is 43.8 Å². The second-order valence-electron chi connectivity index (χ2n) is 18.8. The van der Waals surface area contributed by atoms with Crippen molar-refractivity contribution >= 4 is 18.5 Å². The third-order valence-corrected chi connectivity index (χ3v) is 18.1. The fourth-order valence-corrected chi connectivity index (χ4v) is 15.5. The maximum absolute atomic E-state index is 2.73. The molecule has 8 rings (SSSR count). The summed E-state index contributed by atoms with van der Waals surface area (Å²) in [7, 11) is -2.31. The Hall–Kier alpha value is -3.42. The topological polar surface area (TPSA) is 0 Å². The minimum atomic E-state index is -2.31. The standard InChI is InChI=1S/C56H70Si/c1-5-7-9-13-25-49-39-47-27-19-29-51(45-35-31-43(32-36-45)41-21-15-11-16-22-41)53(47)55(49)57(3,4)56-50(26-14-10-8-6-2)40-48-28-20-30-52(54(48)56)46-37-33-44(34-38-46)42-23-17-12-18-24-42/h19-20,27-42H,5-18,21-26H2,1-4H3. The van der Waals surface area contributed by atoms with Gasteiger partial charge in [-0.1, -0.05) is 200 Å². The number of benzene rings is 4. The van der Waals surface area contributed by atoms with Gasteiger partial charge >= 0.3 is 0 Å². The summed E-state index contributed by atoms with van der Waals surface area (Å²) < 4.78 is 0. The first kappa shape index (κ1) is 40.4. The summed E-state index contributed by atoms with van der Waals surface area (Å²) in [5, 5.41) is 3.43. The van der Waals surface area contributed by atoms with Crippen LogP contribution in [0.2, 0.25) is 13.1 Å². The number of fused-ring (bicyclic) bond motifs is 2. The van der Waals surface area contributed by atoms with Crippen molar-refractivity contribution in [1.82, 2.24) is 0 Å². The third-order valence-electron chi connectivity index (χ3n) is 14.4. The van der Waals surface area contributed by atoms with Crippen molar-refractivity contribution in [2.75, 3.05) is 0 Å². The van der Waals surface area contributed by atoms with Gasteiger partial charge in [-0.25, -0.2) is 0 Å². The van der Waals surface area contributed by atoms with Crippen LogP contribution in [0.15, 0.2) is 96.1 Å². The molecule has 4 aliphatic carbocycles. The molecule has 1 heteroatoms. The highest BCUT2D eigenvalue weighted by atomic mass is 28.3. The highest BCUT2D eigenvalue weighted by Gasteiger charge is 2.43. The van der Waals surface area contributed by atoms with Crippen molar-refractivity contribution in [2.24, 2.45) is 0 Å². The Balaban J connectivity index is 1.23.